The Morgan fingerprint density at radius 2 is 1.91 bits per heavy atom. The quantitative estimate of drug-likeness (QED) is 0.788. The van der Waals surface area contributed by atoms with Crippen LogP contribution in [0.3, 0.4) is 0 Å². The summed E-state index contributed by atoms with van der Waals surface area (Å²) in [5, 5.41) is 9.54. The van der Waals surface area contributed by atoms with E-state index < -0.39 is 5.60 Å². The van der Waals surface area contributed by atoms with Crippen LogP contribution in [0.5, 0.6) is 0 Å². The van der Waals surface area contributed by atoms with Crippen LogP contribution in [0.25, 0.3) is 0 Å². The molecule has 0 radical (unpaired) electrons. The molecule has 1 rings (SSSR count). The fraction of sp³-hybridized carbons (Fsp3) is 0.875. The number of aliphatic hydroxyl groups is 1. The molecular weight excluding hydrogens is 284 g/mol. The number of carbonyl (C=O) groups excluding carboxylic acids is 2. The molecule has 128 valence electrons. The summed E-state index contributed by atoms with van der Waals surface area (Å²) >= 11 is 0. The molecule has 0 saturated carbocycles. The summed E-state index contributed by atoms with van der Waals surface area (Å²) in [6.07, 6.45) is 3.11. The number of hydrogen-bond donors (Lipinski definition) is 1. The Kier molecular flexibility index (Phi) is 7.13. The number of rotatable bonds is 5. The molecule has 1 fully saturated rings. The summed E-state index contributed by atoms with van der Waals surface area (Å²) < 4.78 is 5.35. The molecule has 6 nitrogen and oxygen atoms in total. The first kappa shape index (κ1) is 18.7. The van der Waals surface area contributed by atoms with Gasteiger partial charge in [-0.25, -0.2) is 4.79 Å². The second kappa shape index (κ2) is 8.36. The number of nitrogens with zero attached hydrogens (tertiary/aromatic N) is 2. The third-order valence-corrected chi connectivity index (χ3v) is 3.66. The van der Waals surface area contributed by atoms with Crippen LogP contribution in [0.2, 0.25) is 0 Å². The van der Waals surface area contributed by atoms with Gasteiger partial charge in [0.1, 0.15) is 5.60 Å². The number of ether oxygens (including phenoxy) is 1. The molecule has 0 aliphatic carbocycles. The zero-order valence-electron chi connectivity index (χ0n) is 14.3. The van der Waals surface area contributed by atoms with E-state index in [1.807, 2.05) is 20.8 Å². The van der Waals surface area contributed by atoms with E-state index in [0.717, 1.165) is 19.3 Å². The highest BCUT2D eigenvalue weighted by Crippen LogP contribution is 2.16. The molecule has 22 heavy (non-hydrogen) atoms. The van der Waals surface area contributed by atoms with Crippen LogP contribution < -0.4 is 0 Å². The Hall–Kier alpha value is -1.30. The van der Waals surface area contributed by atoms with Gasteiger partial charge in [0, 0.05) is 26.1 Å². The smallest absolute Gasteiger partial charge is 0.410 e. The molecule has 1 heterocycles. The fourth-order valence-corrected chi connectivity index (χ4v) is 2.50. The molecule has 1 saturated heterocycles. The van der Waals surface area contributed by atoms with Crippen molar-refractivity contribution < 1.29 is 19.4 Å². The van der Waals surface area contributed by atoms with E-state index in [1.54, 1.807) is 9.80 Å². The van der Waals surface area contributed by atoms with Gasteiger partial charge >= 0.3 is 6.09 Å². The van der Waals surface area contributed by atoms with Crippen LogP contribution in [0.1, 0.15) is 53.4 Å². The standard InChI is InChI=1S/C16H30N2O4/c1-5-6-7-8-14(20)18-10-9-17(11-13(18)12-19)15(21)22-16(2,3)4/h13,19H,5-12H2,1-4H3. The SMILES string of the molecule is CCCCCC(=O)N1CCN(C(=O)OC(C)(C)C)CC1CO. The van der Waals surface area contributed by atoms with Crippen LogP contribution in [0.4, 0.5) is 4.79 Å². The van der Waals surface area contributed by atoms with Crippen molar-refractivity contribution in [3.05, 3.63) is 0 Å². The Morgan fingerprint density at radius 1 is 1.23 bits per heavy atom. The Balaban J connectivity index is 2.56. The van der Waals surface area contributed by atoms with Crippen molar-refractivity contribution in [1.29, 1.82) is 0 Å². The highest BCUT2D eigenvalue weighted by molar-refractivity contribution is 5.77. The first-order valence-corrected chi connectivity index (χ1v) is 8.16. The lowest BCUT2D eigenvalue weighted by Gasteiger charge is -2.41. The third kappa shape index (κ3) is 5.83. The van der Waals surface area contributed by atoms with E-state index in [4.69, 9.17) is 4.74 Å². The molecule has 1 aliphatic rings. The number of carbonyl (C=O) groups is 2. The molecule has 0 aromatic rings. The summed E-state index contributed by atoms with van der Waals surface area (Å²) in [7, 11) is 0. The molecule has 2 amide bonds. The minimum atomic E-state index is -0.543. The number of piperazine rings is 1. The monoisotopic (exact) mass is 314 g/mol. The van der Waals surface area contributed by atoms with Crippen molar-refractivity contribution in [2.75, 3.05) is 26.2 Å². The van der Waals surface area contributed by atoms with Gasteiger partial charge in [0.25, 0.3) is 0 Å². The number of aliphatic hydroxyl groups excluding tert-OH is 1. The number of unbranched alkanes of at least 4 members (excludes halogenated alkanes) is 2. The van der Waals surface area contributed by atoms with Gasteiger partial charge in [-0.05, 0) is 27.2 Å². The molecular formula is C16H30N2O4. The average molecular weight is 314 g/mol. The van der Waals surface area contributed by atoms with Crippen LogP contribution in [0, 0.1) is 0 Å². The van der Waals surface area contributed by atoms with Gasteiger partial charge in [-0.3, -0.25) is 4.79 Å². The van der Waals surface area contributed by atoms with E-state index >= 15 is 0 Å². The lowest BCUT2D eigenvalue weighted by molar-refractivity contribution is -0.137. The Bertz CT molecular complexity index is 379. The molecule has 0 bridgehead atoms. The maximum atomic E-state index is 12.2. The van der Waals surface area contributed by atoms with Gasteiger partial charge in [0.2, 0.25) is 5.91 Å². The van der Waals surface area contributed by atoms with Crippen molar-refractivity contribution in [3.63, 3.8) is 0 Å². The van der Waals surface area contributed by atoms with Crippen LogP contribution in [-0.2, 0) is 9.53 Å². The molecule has 1 N–H and O–H groups in total. The van der Waals surface area contributed by atoms with E-state index in [9.17, 15) is 14.7 Å². The van der Waals surface area contributed by atoms with Crippen molar-refractivity contribution >= 4 is 12.0 Å². The number of hydrogen-bond acceptors (Lipinski definition) is 4. The summed E-state index contributed by atoms with van der Waals surface area (Å²) in [5.74, 6) is 0.0661. The third-order valence-electron chi connectivity index (χ3n) is 3.66. The molecule has 0 aromatic carbocycles. The van der Waals surface area contributed by atoms with Crippen molar-refractivity contribution in [3.8, 4) is 0 Å². The molecule has 0 aromatic heterocycles. The molecule has 1 unspecified atom stereocenters. The molecule has 1 atom stereocenters. The molecule has 1 aliphatic heterocycles. The van der Waals surface area contributed by atoms with Crippen molar-refractivity contribution in [2.45, 2.75) is 65.0 Å². The van der Waals surface area contributed by atoms with Gasteiger partial charge in [-0.1, -0.05) is 19.8 Å². The van der Waals surface area contributed by atoms with Crippen LogP contribution in [-0.4, -0.2) is 64.8 Å². The van der Waals surface area contributed by atoms with Crippen LogP contribution >= 0.6 is 0 Å². The maximum absolute atomic E-state index is 12.2. The predicted octanol–water partition coefficient (Wildman–Crippen LogP) is 2.01. The molecule has 0 spiro atoms. The topological polar surface area (TPSA) is 70.1 Å². The van der Waals surface area contributed by atoms with Gasteiger partial charge in [-0.2, -0.15) is 0 Å². The summed E-state index contributed by atoms with van der Waals surface area (Å²) in [6.45, 7) is 8.65. The zero-order valence-corrected chi connectivity index (χ0v) is 14.3. The maximum Gasteiger partial charge on any atom is 0.410 e. The van der Waals surface area contributed by atoms with Crippen LogP contribution in [0.15, 0.2) is 0 Å². The first-order valence-electron chi connectivity index (χ1n) is 8.16. The second-order valence-electron chi connectivity index (χ2n) is 6.81. The van der Waals surface area contributed by atoms with Gasteiger partial charge in [-0.15, -0.1) is 0 Å². The van der Waals surface area contributed by atoms with E-state index in [0.29, 0.717) is 26.1 Å². The van der Waals surface area contributed by atoms with Crippen molar-refractivity contribution in [2.24, 2.45) is 0 Å². The van der Waals surface area contributed by atoms with E-state index in [2.05, 4.69) is 6.92 Å². The van der Waals surface area contributed by atoms with E-state index in [1.165, 1.54) is 0 Å². The summed E-state index contributed by atoms with van der Waals surface area (Å²) in [5.41, 5.74) is -0.543. The lowest BCUT2D eigenvalue weighted by atomic mass is 10.1. The highest BCUT2D eigenvalue weighted by Gasteiger charge is 2.33. The highest BCUT2D eigenvalue weighted by atomic mass is 16.6. The van der Waals surface area contributed by atoms with Crippen molar-refractivity contribution in [1.82, 2.24) is 9.80 Å². The van der Waals surface area contributed by atoms with Gasteiger partial charge in [0.15, 0.2) is 0 Å². The zero-order chi connectivity index (χ0) is 16.8. The summed E-state index contributed by atoms with van der Waals surface area (Å²) in [4.78, 5) is 27.6. The van der Waals surface area contributed by atoms with E-state index in [-0.39, 0.29) is 24.6 Å². The first-order chi connectivity index (χ1) is 10.3. The van der Waals surface area contributed by atoms with Gasteiger partial charge < -0.3 is 19.6 Å². The summed E-state index contributed by atoms with van der Waals surface area (Å²) in [6, 6.07) is -0.338. The Morgan fingerprint density at radius 3 is 2.45 bits per heavy atom. The lowest BCUT2D eigenvalue weighted by Crippen LogP contribution is -2.58. The second-order valence-corrected chi connectivity index (χ2v) is 6.81. The Labute approximate surface area is 133 Å². The van der Waals surface area contributed by atoms with Gasteiger partial charge in [0.05, 0.1) is 12.6 Å². The molecule has 6 heteroatoms. The number of amides is 2. The minimum absolute atomic E-state index is 0.0661. The minimum Gasteiger partial charge on any atom is -0.444 e. The average Bonchev–Trinajstić information content (AvgIpc) is 2.44. The largest absolute Gasteiger partial charge is 0.444 e. The fourth-order valence-electron chi connectivity index (χ4n) is 2.50. The predicted molar refractivity (Wildman–Crippen MR) is 84.5 cm³/mol. The normalized spacial score (nSPS) is 19.2.